The van der Waals surface area contributed by atoms with Gasteiger partial charge in [-0.05, 0) is 19.8 Å². The van der Waals surface area contributed by atoms with Gasteiger partial charge in [0.2, 0.25) is 5.91 Å². The predicted octanol–water partition coefficient (Wildman–Crippen LogP) is 1.45. The largest absolute Gasteiger partial charge is 0.394 e. The third kappa shape index (κ3) is 4.15. The van der Waals surface area contributed by atoms with E-state index in [0.717, 1.165) is 11.5 Å². The van der Waals surface area contributed by atoms with Gasteiger partial charge in [-0.3, -0.25) is 9.48 Å². The molecule has 1 aromatic heterocycles. The van der Waals surface area contributed by atoms with Gasteiger partial charge in [-0.2, -0.15) is 5.10 Å². The lowest BCUT2D eigenvalue weighted by Gasteiger charge is -2.10. The maximum Gasteiger partial charge on any atom is 0.221 e. The molecule has 1 aromatic rings. The molecule has 0 radical (unpaired) electrons. The molecule has 1 heterocycles. The Bertz CT molecular complexity index is 436. The van der Waals surface area contributed by atoms with Crippen LogP contribution in [-0.2, 0) is 11.8 Å². The SMILES string of the molecule is CC(C)NC(=O)CCNc1c(N)c(C(C)C)nn1C. The van der Waals surface area contributed by atoms with Crippen molar-refractivity contribution in [2.24, 2.45) is 7.05 Å². The molecule has 0 fully saturated rings. The molecule has 0 saturated heterocycles. The van der Waals surface area contributed by atoms with Gasteiger partial charge in [0.15, 0.2) is 0 Å². The van der Waals surface area contributed by atoms with Crippen LogP contribution in [0.25, 0.3) is 0 Å². The van der Waals surface area contributed by atoms with E-state index in [0.29, 0.717) is 18.7 Å². The summed E-state index contributed by atoms with van der Waals surface area (Å²) in [5.74, 6) is 1.10. The number of nitrogens with zero attached hydrogens (tertiary/aromatic N) is 2. The molecule has 0 saturated carbocycles. The first-order valence-corrected chi connectivity index (χ1v) is 6.68. The van der Waals surface area contributed by atoms with Gasteiger partial charge in [-0.1, -0.05) is 13.8 Å². The molecule has 1 amide bonds. The number of aryl methyl sites for hydroxylation is 1. The zero-order chi connectivity index (χ0) is 14.6. The molecule has 6 nitrogen and oxygen atoms in total. The van der Waals surface area contributed by atoms with E-state index in [1.54, 1.807) is 4.68 Å². The minimum atomic E-state index is 0.0346. The third-order valence-corrected chi connectivity index (χ3v) is 2.75. The summed E-state index contributed by atoms with van der Waals surface area (Å²) in [6, 6.07) is 0.168. The van der Waals surface area contributed by atoms with Crippen molar-refractivity contribution in [1.29, 1.82) is 0 Å². The molecule has 19 heavy (non-hydrogen) atoms. The maximum atomic E-state index is 11.5. The number of carbonyl (C=O) groups excluding carboxylic acids is 1. The molecule has 0 spiro atoms. The van der Waals surface area contributed by atoms with Crippen LogP contribution in [0.5, 0.6) is 0 Å². The molecular weight excluding hydrogens is 242 g/mol. The highest BCUT2D eigenvalue weighted by Gasteiger charge is 2.15. The first kappa shape index (κ1) is 15.3. The zero-order valence-corrected chi connectivity index (χ0v) is 12.4. The fourth-order valence-corrected chi connectivity index (χ4v) is 1.89. The second-order valence-electron chi connectivity index (χ2n) is 5.32. The molecule has 4 N–H and O–H groups in total. The van der Waals surface area contributed by atoms with Crippen LogP contribution in [0.3, 0.4) is 0 Å². The molecule has 1 rings (SSSR count). The van der Waals surface area contributed by atoms with Crippen LogP contribution >= 0.6 is 0 Å². The first-order chi connectivity index (χ1) is 8.82. The van der Waals surface area contributed by atoms with Gasteiger partial charge < -0.3 is 16.4 Å². The van der Waals surface area contributed by atoms with Gasteiger partial charge in [0.25, 0.3) is 0 Å². The number of nitrogen functional groups attached to an aromatic ring is 1. The van der Waals surface area contributed by atoms with Crippen LogP contribution in [0.15, 0.2) is 0 Å². The topological polar surface area (TPSA) is 85.0 Å². The molecule has 0 aliphatic rings. The molecule has 6 heteroatoms. The van der Waals surface area contributed by atoms with Crippen LogP contribution < -0.4 is 16.4 Å². The molecule has 0 unspecified atom stereocenters. The second kappa shape index (κ2) is 6.45. The second-order valence-corrected chi connectivity index (χ2v) is 5.32. The highest BCUT2D eigenvalue weighted by molar-refractivity contribution is 5.77. The maximum absolute atomic E-state index is 11.5. The number of nitrogens with one attached hydrogen (secondary N) is 2. The lowest BCUT2D eigenvalue weighted by Crippen LogP contribution is -2.31. The summed E-state index contributed by atoms with van der Waals surface area (Å²) < 4.78 is 1.73. The standard InChI is InChI=1S/C13H25N5O/c1-8(2)12-11(14)13(18(5)17-12)15-7-6-10(19)16-9(3)4/h8-9,15H,6-7,14H2,1-5H3,(H,16,19). The fraction of sp³-hybridized carbons (Fsp3) is 0.692. The number of rotatable bonds is 6. The van der Waals surface area contributed by atoms with Crippen LogP contribution in [0.4, 0.5) is 11.5 Å². The summed E-state index contributed by atoms with van der Waals surface area (Å²) >= 11 is 0. The van der Waals surface area contributed by atoms with Crippen LogP contribution in [0.2, 0.25) is 0 Å². The normalized spacial score (nSPS) is 11.1. The lowest BCUT2D eigenvalue weighted by molar-refractivity contribution is -0.121. The van der Waals surface area contributed by atoms with Crippen molar-refractivity contribution in [2.45, 2.75) is 46.1 Å². The van der Waals surface area contributed by atoms with E-state index in [9.17, 15) is 4.79 Å². The Morgan fingerprint density at radius 1 is 1.37 bits per heavy atom. The average molecular weight is 267 g/mol. The summed E-state index contributed by atoms with van der Waals surface area (Å²) in [7, 11) is 1.85. The number of nitrogens with two attached hydrogens (primary N) is 1. The molecule has 0 aliphatic heterocycles. The molecule has 0 bridgehead atoms. The van der Waals surface area contributed by atoms with E-state index in [1.807, 2.05) is 20.9 Å². The van der Waals surface area contributed by atoms with E-state index in [-0.39, 0.29) is 17.9 Å². The summed E-state index contributed by atoms with van der Waals surface area (Å²) in [5.41, 5.74) is 7.61. The van der Waals surface area contributed by atoms with Gasteiger partial charge in [-0.25, -0.2) is 0 Å². The van der Waals surface area contributed by atoms with Crippen molar-refractivity contribution in [1.82, 2.24) is 15.1 Å². The van der Waals surface area contributed by atoms with E-state index >= 15 is 0 Å². The number of amides is 1. The average Bonchev–Trinajstić information content (AvgIpc) is 2.55. The summed E-state index contributed by atoms with van der Waals surface area (Å²) in [4.78, 5) is 11.5. The molecule has 108 valence electrons. The zero-order valence-electron chi connectivity index (χ0n) is 12.4. The van der Waals surface area contributed by atoms with Crippen molar-refractivity contribution >= 4 is 17.4 Å². The highest BCUT2D eigenvalue weighted by Crippen LogP contribution is 2.27. The van der Waals surface area contributed by atoms with E-state index in [1.165, 1.54) is 0 Å². The van der Waals surface area contributed by atoms with Gasteiger partial charge in [-0.15, -0.1) is 0 Å². The molecule has 0 atom stereocenters. The number of carbonyl (C=O) groups is 1. The van der Waals surface area contributed by atoms with Crippen LogP contribution in [-0.4, -0.2) is 28.3 Å². The first-order valence-electron chi connectivity index (χ1n) is 6.68. The van der Waals surface area contributed by atoms with Gasteiger partial charge in [0.05, 0.1) is 11.4 Å². The quantitative estimate of drug-likeness (QED) is 0.728. The van der Waals surface area contributed by atoms with Gasteiger partial charge in [0.1, 0.15) is 5.82 Å². The minimum absolute atomic E-state index is 0.0346. The van der Waals surface area contributed by atoms with Crippen molar-refractivity contribution < 1.29 is 4.79 Å². The van der Waals surface area contributed by atoms with E-state index < -0.39 is 0 Å². The van der Waals surface area contributed by atoms with E-state index in [2.05, 4.69) is 29.6 Å². The Labute approximate surface area is 114 Å². The monoisotopic (exact) mass is 267 g/mol. The summed E-state index contributed by atoms with van der Waals surface area (Å²) in [6.45, 7) is 8.54. The van der Waals surface area contributed by atoms with E-state index in [4.69, 9.17) is 5.73 Å². The number of hydrogen-bond donors (Lipinski definition) is 3. The van der Waals surface area contributed by atoms with Crippen molar-refractivity contribution in [3.8, 4) is 0 Å². The Kier molecular flexibility index (Phi) is 5.20. The Hall–Kier alpha value is -1.72. The number of anilines is 2. The van der Waals surface area contributed by atoms with Crippen molar-refractivity contribution in [2.75, 3.05) is 17.6 Å². The molecule has 0 aliphatic carbocycles. The lowest BCUT2D eigenvalue weighted by atomic mass is 10.1. The van der Waals surface area contributed by atoms with Crippen LogP contribution in [0.1, 0.15) is 45.7 Å². The molecular formula is C13H25N5O. The number of hydrogen-bond acceptors (Lipinski definition) is 4. The Morgan fingerprint density at radius 3 is 2.47 bits per heavy atom. The molecule has 0 aromatic carbocycles. The Morgan fingerprint density at radius 2 is 2.00 bits per heavy atom. The van der Waals surface area contributed by atoms with Crippen molar-refractivity contribution in [3.05, 3.63) is 5.69 Å². The van der Waals surface area contributed by atoms with Crippen molar-refractivity contribution in [3.63, 3.8) is 0 Å². The third-order valence-electron chi connectivity index (χ3n) is 2.75. The summed E-state index contributed by atoms with van der Waals surface area (Å²) in [5, 5.41) is 10.4. The fourth-order valence-electron chi connectivity index (χ4n) is 1.89. The predicted molar refractivity (Wildman–Crippen MR) is 78.1 cm³/mol. The van der Waals surface area contributed by atoms with Gasteiger partial charge >= 0.3 is 0 Å². The van der Waals surface area contributed by atoms with Gasteiger partial charge in [0, 0.05) is 26.1 Å². The highest BCUT2D eigenvalue weighted by atomic mass is 16.1. The number of aromatic nitrogens is 2. The van der Waals surface area contributed by atoms with Crippen LogP contribution in [0, 0.1) is 0 Å². The Balaban J connectivity index is 2.57. The smallest absolute Gasteiger partial charge is 0.221 e. The summed E-state index contributed by atoms with van der Waals surface area (Å²) in [6.07, 6.45) is 0.416. The minimum Gasteiger partial charge on any atom is -0.394 e.